The Kier molecular flexibility index (Phi) is 3.87. The molecular formula is C38H21NS. The lowest BCUT2D eigenvalue weighted by Gasteiger charge is -2.12. The summed E-state index contributed by atoms with van der Waals surface area (Å²) in [5.74, 6) is 0. The Morgan fingerprint density at radius 1 is 0.450 bits per heavy atom. The van der Waals surface area contributed by atoms with Crippen LogP contribution in [0.4, 0.5) is 0 Å². The zero-order chi connectivity index (χ0) is 25.9. The van der Waals surface area contributed by atoms with E-state index < -0.39 is 0 Å². The number of fused-ring (bicyclic) bond motifs is 11. The second kappa shape index (κ2) is 7.38. The van der Waals surface area contributed by atoms with Gasteiger partial charge in [0.2, 0.25) is 0 Å². The molecule has 1 aliphatic carbocycles. The lowest BCUT2D eigenvalue weighted by molar-refractivity contribution is 1.19. The molecule has 0 fully saturated rings. The van der Waals surface area contributed by atoms with E-state index >= 15 is 0 Å². The minimum absolute atomic E-state index is 1.21. The monoisotopic (exact) mass is 523 g/mol. The van der Waals surface area contributed by atoms with Crippen LogP contribution in [0.25, 0.3) is 91.5 Å². The standard InChI is InChI=1S/C38H21NS/c1-2-8-24-20-35-31(19-23(24)7-1)32-21-25(15-18-34(32)40-35)39-33-14-4-3-11-26(33)29-17-16-28-27-12-5-9-22-10-6-13-30(36(22)27)37(28)38(29)39/h1-21H. The molecule has 2 heteroatoms. The lowest BCUT2D eigenvalue weighted by Crippen LogP contribution is -1.95. The second-order valence-electron chi connectivity index (χ2n) is 10.9. The van der Waals surface area contributed by atoms with Crippen molar-refractivity contribution in [2.75, 3.05) is 0 Å². The summed E-state index contributed by atoms with van der Waals surface area (Å²) in [6.45, 7) is 0. The predicted molar refractivity (Wildman–Crippen MR) is 173 cm³/mol. The van der Waals surface area contributed by atoms with E-state index in [1.54, 1.807) is 0 Å². The van der Waals surface area contributed by atoms with Crippen LogP contribution in [-0.4, -0.2) is 4.57 Å². The van der Waals surface area contributed by atoms with Crippen molar-refractivity contribution in [3.8, 4) is 27.9 Å². The highest BCUT2D eigenvalue weighted by Gasteiger charge is 2.26. The van der Waals surface area contributed by atoms with Crippen molar-refractivity contribution < 1.29 is 0 Å². The van der Waals surface area contributed by atoms with Crippen LogP contribution >= 0.6 is 11.3 Å². The van der Waals surface area contributed by atoms with Crippen molar-refractivity contribution in [2.45, 2.75) is 0 Å². The number of thiophene rings is 1. The van der Waals surface area contributed by atoms with E-state index in [9.17, 15) is 0 Å². The van der Waals surface area contributed by atoms with Gasteiger partial charge < -0.3 is 4.57 Å². The molecule has 0 unspecified atom stereocenters. The molecule has 0 bridgehead atoms. The van der Waals surface area contributed by atoms with Gasteiger partial charge in [0.15, 0.2) is 0 Å². The number of rotatable bonds is 1. The Morgan fingerprint density at radius 3 is 2.10 bits per heavy atom. The molecule has 10 rings (SSSR count). The number of nitrogens with zero attached hydrogens (tertiary/aromatic N) is 1. The number of benzene rings is 7. The number of para-hydroxylation sites is 1. The van der Waals surface area contributed by atoms with E-state index in [1.165, 1.54) is 91.5 Å². The summed E-state index contributed by atoms with van der Waals surface area (Å²) in [5, 5.41) is 10.5. The van der Waals surface area contributed by atoms with Gasteiger partial charge in [-0.3, -0.25) is 0 Å². The van der Waals surface area contributed by atoms with Gasteiger partial charge in [-0.1, -0.05) is 91.0 Å². The fourth-order valence-corrected chi connectivity index (χ4v) is 8.30. The van der Waals surface area contributed by atoms with Gasteiger partial charge in [0.25, 0.3) is 0 Å². The predicted octanol–water partition coefficient (Wildman–Crippen LogP) is 11.1. The first kappa shape index (κ1) is 21.0. The van der Waals surface area contributed by atoms with Gasteiger partial charge in [-0.05, 0) is 74.6 Å². The summed E-state index contributed by atoms with van der Waals surface area (Å²) < 4.78 is 5.19. The van der Waals surface area contributed by atoms with Crippen LogP contribution in [0, 0.1) is 0 Å². The molecule has 2 heterocycles. The topological polar surface area (TPSA) is 4.93 Å². The van der Waals surface area contributed by atoms with Crippen molar-refractivity contribution in [1.29, 1.82) is 0 Å². The largest absolute Gasteiger partial charge is 0.309 e. The van der Waals surface area contributed by atoms with Crippen molar-refractivity contribution in [3.05, 3.63) is 127 Å². The summed E-state index contributed by atoms with van der Waals surface area (Å²) in [6.07, 6.45) is 0. The smallest absolute Gasteiger partial charge is 0.0625 e. The first-order chi connectivity index (χ1) is 19.8. The first-order valence-electron chi connectivity index (χ1n) is 13.8. The van der Waals surface area contributed by atoms with E-state index in [-0.39, 0.29) is 0 Å². The molecule has 0 amide bonds. The van der Waals surface area contributed by atoms with Crippen LogP contribution in [0.2, 0.25) is 0 Å². The van der Waals surface area contributed by atoms with Gasteiger partial charge >= 0.3 is 0 Å². The molecule has 0 spiro atoms. The molecule has 0 radical (unpaired) electrons. The maximum Gasteiger partial charge on any atom is 0.0625 e. The first-order valence-corrected chi connectivity index (χ1v) is 14.6. The van der Waals surface area contributed by atoms with Crippen LogP contribution in [0.5, 0.6) is 0 Å². The fourth-order valence-electron chi connectivity index (χ4n) is 7.19. The highest BCUT2D eigenvalue weighted by atomic mass is 32.1. The number of aromatic nitrogens is 1. The van der Waals surface area contributed by atoms with Crippen molar-refractivity contribution in [3.63, 3.8) is 0 Å². The third kappa shape index (κ3) is 2.57. The average Bonchev–Trinajstić information content (AvgIpc) is 3.64. The summed E-state index contributed by atoms with van der Waals surface area (Å²) in [6, 6.07) is 47.4. The molecule has 0 saturated carbocycles. The third-order valence-corrected chi connectivity index (χ3v) is 10.0. The maximum atomic E-state index is 2.51. The molecule has 0 N–H and O–H groups in total. The molecule has 40 heavy (non-hydrogen) atoms. The summed E-state index contributed by atoms with van der Waals surface area (Å²) in [5.41, 5.74) is 9.12. The van der Waals surface area contributed by atoms with Gasteiger partial charge in [-0.25, -0.2) is 0 Å². The minimum atomic E-state index is 1.21. The maximum absolute atomic E-state index is 2.51. The van der Waals surface area contributed by atoms with Crippen molar-refractivity contribution in [1.82, 2.24) is 4.57 Å². The van der Waals surface area contributed by atoms with Crippen molar-refractivity contribution >= 4 is 74.9 Å². The number of hydrogen-bond acceptors (Lipinski definition) is 1. The van der Waals surface area contributed by atoms with E-state index in [1.807, 2.05) is 11.3 Å². The minimum Gasteiger partial charge on any atom is -0.309 e. The molecule has 9 aromatic rings. The zero-order valence-corrected chi connectivity index (χ0v) is 22.3. The zero-order valence-electron chi connectivity index (χ0n) is 21.5. The molecular weight excluding hydrogens is 502 g/mol. The van der Waals surface area contributed by atoms with Gasteiger partial charge in [0.1, 0.15) is 0 Å². The normalized spacial score (nSPS) is 12.5. The highest BCUT2D eigenvalue weighted by molar-refractivity contribution is 7.25. The van der Waals surface area contributed by atoms with E-state index in [0.29, 0.717) is 0 Å². The molecule has 0 atom stereocenters. The van der Waals surface area contributed by atoms with E-state index in [0.717, 1.165) is 0 Å². The Labute approximate surface area is 234 Å². The summed E-state index contributed by atoms with van der Waals surface area (Å²) in [4.78, 5) is 0. The Balaban J connectivity index is 1.35. The Bertz CT molecular complexity index is 2540. The third-order valence-electron chi connectivity index (χ3n) is 8.88. The van der Waals surface area contributed by atoms with E-state index in [2.05, 4.69) is 132 Å². The highest BCUT2D eigenvalue weighted by Crippen LogP contribution is 2.52. The van der Waals surface area contributed by atoms with Gasteiger partial charge in [-0.2, -0.15) is 0 Å². The van der Waals surface area contributed by atoms with Gasteiger partial charge in [0, 0.05) is 42.2 Å². The van der Waals surface area contributed by atoms with Crippen LogP contribution in [0.1, 0.15) is 0 Å². The van der Waals surface area contributed by atoms with Crippen LogP contribution < -0.4 is 0 Å². The molecule has 1 aliphatic rings. The lowest BCUT2D eigenvalue weighted by atomic mass is 10.00. The quantitative estimate of drug-likeness (QED) is 0.202. The molecule has 0 saturated heterocycles. The van der Waals surface area contributed by atoms with Crippen LogP contribution in [-0.2, 0) is 0 Å². The average molecular weight is 524 g/mol. The molecule has 184 valence electrons. The number of hydrogen-bond donors (Lipinski definition) is 0. The van der Waals surface area contributed by atoms with Crippen LogP contribution in [0.15, 0.2) is 127 Å². The molecule has 0 aliphatic heterocycles. The fraction of sp³-hybridized carbons (Fsp3) is 0. The molecule has 1 nitrogen and oxygen atoms in total. The molecule has 7 aromatic carbocycles. The van der Waals surface area contributed by atoms with E-state index in [4.69, 9.17) is 0 Å². The van der Waals surface area contributed by atoms with Gasteiger partial charge in [0.05, 0.1) is 11.0 Å². The second-order valence-corrected chi connectivity index (χ2v) is 12.0. The Morgan fingerprint density at radius 2 is 1.20 bits per heavy atom. The van der Waals surface area contributed by atoms with Crippen molar-refractivity contribution in [2.24, 2.45) is 0 Å². The SMILES string of the molecule is c1ccc2cc3c(cc2c1)sc1ccc(-n2c4ccccc4c4ccc5c(c42)-c2cccc4cccc-5c24)cc13. The summed E-state index contributed by atoms with van der Waals surface area (Å²) >= 11 is 1.89. The molecule has 2 aromatic heterocycles. The summed E-state index contributed by atoms with van der Waals surface area (Å²) in [7, 11) is 0. The Hall–Kier alpha value is -4.92. The van der Waals surface area contributed by atoms with Crippen LogP contribution in [0.3, 0.4) is 0 Å². The van der Waals surface area contributed by atoms with Gasteiger partial charge in [-0.15, -0.1) is 11.3 Å².